The highest BCUT2D eigenvalue weighted by Crippen LogP contribution is 2.34. The maximum Gasteiger partial charge on any atom is 0.175 e. The highest BCUT2D eigenvalue weighted by atomic mass is 79.9. The monoisotopic (exact) mass is 299 g/mol. The Kier molecular flexibility index (Phi) is 3.17. The molecule has 0 unspecified atom stereocenters. The molecule has 0 amide bonds. The van der Waals surface area contributed by atoms with Gasteiger partial charge in [0, 0.05) is 12.6 Å². The van der Waals surface area contributed by atoms with Crippen LogP contribution in [0.3, 0.4) is 0 Å². The van der Waals surface area contributed by atoms with Gasteiger partial charge in [-0.2, -0.15) is 0 Å². The molecule has 0 atom stereocenters. The molecule has 16 heavy (non-hydrogen) atoms. The summed E-state index contributed by atoms with van der Waals surface area (Å²) in [4.78, 5) is 16.0. The van der Waals surface area contributed by atoms with Gasteiger partial charge in [0.25, 0.3) is 0 Å². The number of carbonyl (C=O) groups excluding carboxylic acids is 1. The lowest BCUT2D eigenvalue weighted by Gasteiger charge is -2.16. The van der Waals surface area contributed by atoms with E-state index < -0.39 is 0 Å². The van der Waals surface area contributed by atoms with Gasteiger partial charge in [-0.1, -0.05) is 31.5 Å². The summed E-state index contributed by atoms with van der Waals surface area (Å²) in [6.07, 6.45) is 2.20. The van der Waals surface area contributed by atoms with Gasteiger partial charge in [-0.3, -0.25) is 9.78 Å². The Balaban J connectivity index is 2.56. The number of halogens is 2. The Morgan fingerprint density at radius 1 is 1.50 bits per heavy atom. The number of carbonyl (C=O) groups is 1. The first-order chi connectivity index (χ1) is 7.50. The molecule has 0 radical (unpaired) electrons. The van der Waals surface area contributed by atoms with Crippen molar-refractivity contribution in [3.05, 3.63) is 33.6 Å². The van der Waals surface area contributed by atoms with Gasteiger partial charge in [0.15, 0.2) is 5.78 Å². The van der Waals surface area contributed by atoms with Gasteiger partial charge in [0.05, 0.1) is 15.2 Å². The van der Waals surface area contributed by atoms with E-state index in [2.05, 4.69) is 34.8 Å². The van der Waals surface area contributed by atoms with Crippen molar-refractivity contribution in [2.45, 2.75) is 26.2 Å². The van der Waals surface area contributed by atoms with Crippen LogP contribution >= 0.6 is 27.5 Å². The van der Waals surface area contributed by atoms with E-state index in [0.717, 1.165) is 16.8 Å². The van der Waals surface area contributed by atoms with Crippen LogP contribution in [0.15, 0.2) is 16.7 Å². The van der Waals surface area contributed by atoms with Crippen LogP contribution in [0, 0.1) is 0 Å². The minimum absolute atomic E-state index is 0.0141. The molecule has 1 aromatic rings. The molecule has 1 aliphatic carbocycles. The standard InChI is InChI=1S/C12H11BrClNO/c1-6(2)8-3-7-4-9(16)10(13)11(14)12(7)15-5-8/h3,5-6H,4H2,1-2H3. The predicted molar refractivity (Wildman–Crippen MR) is 68.7 cm³/mol. The Hall–Kier alpha value is -0.670. The van der Waals surface area contributed by atoms with Crippen molar-refractivity contribution in [1.82, 2.24) is 4.98 Å². The minimum atomic E-state index is 0.0141. The van der Waals surface area contributed by atoms with E-state index in [1.807, 2.05) is 12.3 Å². The average Bonchev–Trinajstić information content (AvgIpc) is 2.25. The molecule has 1 heterocycles. The molecule has 0 aromatic carbocycles. The summed E-state index contributed by atoms with van der Waals surface area (Å²) < 4.78 is 0.437. The normalized spacial score (nSPS) is 15.7. The Bertz CT molecular complexity index is 494. The number of pyridine rings is 1. The van der Waals surface area contributed by atoms with Crippen molar-refractivity contribution in [3.8, 4) is 0 Å². The quantitative estimate of drug-likeness (QED) is 0.792. The fraction of sp³-hybridized carbons (Fsp3) is 0.333. The Labute approximate surface area is 108 Å². The third-order valence-corrected chi connectivity index (χ3v) is 4.09. The summed E-state index contributed by atoms with van der Waals surface area (Å²) in [6.45, 7) is 4.20. The van der Waals surface area contributed by atoms with Crippen LogP contribution in [0.4, 0.5) is 0 Å². The smallest absolute Gasteiger partial charge is 0.175 e. The maximum absolute atomic E-state index is 11.6. The largest absolute Gasteiger partial charge is 0.293 e. The first-order valence-corrected chi connectivity index (χ1v) is 6.25. The summed E-state index contributed by atoms with van der Waals surface area (Å²) in [6, 6.07) is 2.02. The lowest BCUT2D eigenvalue weighted by molar-refractivity contribution is -0.114. The molecule has 2 rings (SSSR count). The average molecular weight is 301 g/mol. The van der Waals surface area contributed by atoms with Gasteiger partial charge in [-0.05, 0) is 33.0 Å². The number of ketones is 1. The zero-order valence-corrected chi connectivity index (χ0v) is 11.4. The molecular formula is C12H11BrClNO. The van der Waals surface area contributed by atoms with Gasteiger partial charge in [-0.25, -0.2) is 0 Å². The fourth-order valence-corrected chi connectivity index (χ4v) is 2.26. The number of rotatable bonds is 1. The summed E-state index contributed by atoms with van der Waals surface area (Å²) in [5, 5.41) is 0.418. The summed E-state index contributed by atoms with van der Waals surface area (Å²) in [5.41, 5.74) is 2.77. The Morgan fingerprint density at radius 3 is 2.81 bits per heavy atom. The molecular weight excluding hydrogens is 289 g/mol. The molecule has 0 aliphatic heterocycles. The topological polar surface area (TPSA) is 30.0 Å². The van der Waals surface area contributed by atoms with Gasteiger partial charge >= 0.3 is 0 Å². The molecule has 2 nitrogen and oxygen atoms in total. The lowest BCUT2D eigenvalue weighted by atomic mass is 9.96. The van der Waals surface area contributed by atoms with Crippen LogP contribution in [0.25, 0.3) is 5.03 Å². The van der Waals surface area contributed by atoms with E-state index in [-0.39, 0.29) is 5.78 Å². The zero-order valence-electron chi connectivity index (χ0n) is 9.05. The minimum Gasteiger partial charge on any atom is -0.293 e. The summed E-state index contributed by atoms with van der Waals surface area (Å²) in [5.74, 6) is 0.418. The third kappa shape index (κ3) is 1.94. The molecule has 0 fully saturated rings. The van der Waals surface area contributed by atoms with E-state index in [9.17, 15) is 4.79 Å². The molecule has 0 saturated heterocycles. The highest BCUT2D eigenvalue weighted by Gasteiger charge is 2.24. The number of fused-ring (bicyclic) bond motifs is 1. The van der Waals surface area contributed by atoms with Gasteiger partial charge in [0.2, 0.25) is 0 Å². The molecule has 4 heteroatoms. The second-order valence-electron chi connectivity index (χ2n) is 4.16. The first kappa shape index (κ1) is 11.8. The fourth-order valence-electron chi connectivity index (χ4n) is 1.65. The molecule has 0 saturated carbocycles. The van der Waals surface area contributed by atoms with Gasteiger partial charge in [-0.15, -0.1) is 0 Å². The van der Waals surface area contributed by atoms with Crippen LogP contribution in [-0.2, 0) is 11.2 Å². The number of hydrogen-bond donors (Lipinski definition) is 0. The van der Waals surface area contributed by atoms with E-state index in [4.69, 9.17) is 11.6 Å². The van der Waals surface area contributed by atoms with E-state index in [0.29, 0.717) is 21.9 Å². The molecule has 0 bridgehead atoms. The van der Waals surface area contributed by atoms with Crippen LogP contribution < -0.4 is 0 Å². The summed E-state index contributed by atoms with van der Waals surface area (Å²) in [7, 11) is 0. The molecule has 0 N–H and O–H groups in total. The zero-order chi connectivity index (χ0) is 11.9. The van der Waals surface area contributed by atoms with Crippen molar-refractivity contribution in [2.75, 3.05) is 0 Å². The molecule has 84 valence electrons. The van der Waals surface area contributed by atoms with E-state index >= 15 is 0 Å². The SMILES string of the molecule is CC(C)c1cnc2c(c1)CC(=O)C(Br)=C2Cl. The molecule has 1 aliphatic rings. The van der Waals surface area contributed by atoms with E-state index in [1.165, 1.54) is 0 Å². The molecule has 0 spiro atoms. The van der Waals surface area contributed by atoms with Crippen molar-refractivity contribution in [1.29, 1.82) is 0 Å². The predicted octanol–water partition coefficient (Wildman–Crippen LogP) is 3.63. The third-order valence-electron chi connectivity index (χ3n) is 2.65. The van der Waals surface area contributed by atoms with Crippen molar-refractivity contribution < 1.29 is 4.79 Å². The van der Waals surface area contributed by atoms with Crippen molar-refractivity contribution >= 4 is 38.3 Å². The second kappa shape index (κ2) is 4.30. The highest BCUT2D eigenvalue weighted by molar-refractivity contribution is 9.12. The van der Waals surface area contributed by atoms with Crippen LogP contribution in [0.1, 0.15) is 36.6 Å². The maximum atomic E-state index is 11.6. The van der Waals surface area contributed by atoms with Crippen LogP contribution in [-0.4, -0.2) is 10.8 Å². The summed E-state index contributed by atoms with van der Waals surface area (Å²) >= 11 is 9.27. The van der Waals surface area contributed by atoms with Gasteiger partial charge < -0.3 is 0 Å². The number of allylic oxidation sites excluding steroid dienone is 1. The number of nitrogens with zero attached hydrogens (tertiary/aromatic N) is 1. The Morgan fingerprint density at radius 2 is 2.19 bits per heavy atom. The second-order valence-corrected chi connectivity index (χ2v) is 5.33. The van der Waals surface area contributed by atoms with Crippen molar-refractivity contribution in [2.24, 2.45) is 0 Å². The van der Waals surface area contributed by atoms with Crippen LogP contribution in [0.5, 0.6) is 0 Å². The van der Waals surface area contributed by atoms with E-state index in [1.54, 1.807) is 0 Å². The number of hydrogen-bond acceptors (Lipinski definition) is 2. The lowest BCUT2D eigenvalue weighted by Crippen LogP contribution is -2.13. The van der Waals surface area contributed by atoms with Gasteiger partial charge in [0.1, 0.15) is 0 Å². The van der Waals surface area contributed by atoms with Crippen molar-refractivity contribution in [3.63, 3.8) is 0 Å². The van der Waals surface area contributed by atoms with Crippen LogP contribution in [0.2, 0.25) is 0 Å². The number of aromatic nitrogens is 1. The molecule has 1 aromatic heterocycles. The first-order valence-electron chi connectivity index (χ1n) is 5.08. The number of Topliss-reactive ketones (excluding diaryl/α,β-unsaturated/α-hetero) is 1.